The lowest BCUT2D eigenvalue weighted by molar-refractivity contribution is 0.0982. The second kappa shape index (κ2) is 21.4. The highest BCUT2D eigenvalue weighted by atomic mass is 16.5. The Morgan fingerprint density at radius 2 is 0.651 bits per heavy atom. The maximum atomic E-state index is 8.30. The van der Waals surface area contributed by atoms with Crippen LogP contribution in [0.5, 0.6) is 0 Å². The first-order valence-electron chi connectivity index (χ1n) is 15.1. The molecule has 3 heteroatoms. The number of aliphatic hydroxyl groups is 2. The van der Waals surface area contributed by atoms with Crippen LogP contribution in [-0.2, 0) is 4.74 Å². The van der Waals surface area contributed by atoms with Crippen LogP contribution in [0.1, 0.15) is 47.9 Å². The van der Waals surface area contributed by atoms with Gasteiger partial charge < -0.3 is 14.9 Å². The molecule has 4 rings (SSSR count). The van der Waals surface area contributed by atoms with Gasteiger partial charge in [0.25, 0.3) is 0 Å². The summed E-state index contributed by atoms with van der Waals surface area (Å²) in [5.74, 6) is 0. The summed E-state index contributed by atoms with van der Waals surface area (Å²) in [6, 6.07) is 41.2. The molecule has 0 heterocycles. The van der Waals surface area contributed by atoms with Crippen LogP contribution in [0.15, 0.2) is 146 Å². The molecule has 0 saturated heterocycles. The van der Waals surface area contributed by atoms with E-state index in [9.17, 15) is 0 Å². The summed E-state index contributed by atoms with van der Waals surface area (Å²) in [5.41, 5.74) is 4.58. The number of benzene rings is 4. The molecular weight excluding hydrogens is 528 g/mol. The molecule has 0 atom stereocenters. The van der Waals surface area contributed by atoms with E-state index in [0.717, 1.165) is 47.9 Å². The van der Waals surface area contributed by atoms with Gasteiger partial charge in [0.2, 0.25) is 0 Å². The maximum absolute atomic E-state index is 8.30. The van der Waals surface area contributed by atoms with E-state index < -0.39 is 0 Å². The van der Waals surface area contributed by atoms with Crippen LogP contribution in [0.2, 0.25) is 0 Å². The molecule has 2 N–H and O–H groups in total. The van der Waals surface area contributed by atoms with E-state index in [4.69, 9.17) is 14.9 Å². The van der Waals surface area contributed by atoms with Crippen molar-refractivity contribution in [2.75, 3.05) is 13.2 Å². The molecule has 0 unspecified atom stereocenters. The molecule has 0 amide bonds. The summed E-state index contributed by atoms with van der Waals surface area (Å²) in [5, 5.41) is 16.6. The van der Waals surface area contributed by atoms with Crippen LogP contribution in [-0.4, -0.2) is 35.6 Å². The Morgan fingerprint density at radius 1 is 0.395 bits per heavy atom. The van der Waals surface area contributed by atoms with Crippen LogP contribution in [0.25, 0.3) is 24.3 Å². The minimum absolute atomic E-state index is 0.207. The van der Waals surface area contributed by atoms with Gasteiger partial charge in [-0.25, -0.2) is 0 Å². The van der Waals surface area contributed by atoms with Gasteiger partial charge in [0.1, 0.15) is 0 Å². The van der Waals surface area contributed by atoms with Crippen molar-refractivity contribution in [2.24, 2.45) is 0 Å². The zero-order valence-corrected chi connectivity index (χ0v) is 24.9. The van der Waals surface area contributed by atoms with E-state index >= 15 is 0 Å². The molecule has 0 aliphatic heterocycles. The van der Waals surface area contributed by atoms with Gasteiger partial charge in [-0.05, 0) is 35.1 Å². The third-order valence-electron chi connectivity index (χ3n) is 6.49. The van der Waals surface area contributed by atoms with E-state index in [2.05, 4.69) is 97.1 Å². The lowest BCUT2D eigenvalue weighted by Gasteiger charge is -2.16. The predicted molar refractivity (Wildman–Crippen MR) is 183 cm³/mol. The second-order valence-corrected chi connectivity index (χ2v) is 10.0. The minimum atomic E-state index is -0.207. The molecule has 3 nitrogen and oxygen atoms in total. The van der Waals surface area contributed by atoms with Crippen molar-refractivity contribution in [1.29, 1.82) is 0 Å². The SMILES string of the molecule is C(=CC(C=Cc1ccccc1)OC(C=Cc1ccccc1)C=Cc1ccccc1)c1ccccc1.OCCCCCCO. The summed E-state index contributed by atoms with van der Waals surface area (Å²) in [6.45, 7) is 0.566. The molecule has 0 spiro atoms. The van der Waals surface area contributed by atoms with Crippen LogP contribution in [0.3, 0.4) is 0 Å². The van der Waals surface area contributed by atoms with Crippen molar-refractivity contribution in [1.82, 2.24) is 0 Å². The van der Waals surface area contributed by atoms with Crippen molar-refractivity contribution < 1.29 is 14.9 Å². The average Bonchev–Trinajstić information content (AvgIpc) is 3.07. The number of hydrogen-bond acceptors (Lipinski definition) is 3. The van der Waals surface area contributed by atoms with E-state index in [1.54, 1.807) is 0 Å². The number of aliphatic hydroxyl groups excluding tert-OH is 2. The number of hydrogen-bond donors (Lipinski definition) is 2. The molecule has 0 aliphatic rings. The summed E-state index contributed by atoms with van der Waals surface area (Å²) in [6.07, 6.45) is 20.3. The van der Waals surface area contributed by atoms with Crippen molar-refractivity contribution in [3.63, 3.8) is 0 Å². The van der Waals surface area contributed by atoms with Crippen molar-refractivity contribution >= 4 is 24.3 Å². The summed E-state index contributed by atoms with van der Waals surface area (Å²) < 4.78 is 6.59. The van der Waals surface area contributed by atoms with Crippen molar-refractivity contribution in [3.8, 4) is 0 Å². The van der Waals surface area contributed by atoms with Gasteiger partial charge >= 0.3 is 0 Å². The fourth-order valence-electron chi connectivity index (χ4n) is 4.15. The first kappa shape index (κ1) is 33.2. The molecular formula is C40H44O3. The first-order chi connectivity index (χ1) is 21.3. The molecule has 0 fully saturated rings. The van der Waals surface area contributed by atoms with Crippen LogP contribution < -0.4 is 0 Å². The van der Waals surface area contributed by atoms with Crippen molar-refractivity contribution in [2.45, 2.75) is 37.9 Å². The number of rotatable bonds is 15. The van der Waals surface area contributed by atoms with Crippen LogP contribution >= 0.6 is 0 Å². The molecule has 222 valence electrons. The fourth-order valence-corrected chi connectivity index (χ4v) is 4.15. The van der Waals surface area contributed by atoms with Gasteiger partial charge in [0.05, 0.1) is 12.2 Å². The largest absolute Gasteiger partial charge is 0.396 e. The van der Waals surface area contributed by atoms with Gasteiger partial charge in [0, 0.05) is 13.2 Å². The Labute approximate surface area is 257 Å². The third kappa shape index (κ3) is 15.0. The lowest BCUT2D eigenvalue weighted by Crippen LogP contribution is -2.15. The van der Waals surface area contributed by atoms with E-state index in [1.807, 2.05) is 72.8 Å². The highest BCUT2D eigenvalue weighted by Gasteiger charge is 2.08. The highest BCUT2D eigenvalue weighted by Crippen LogP contribution is 2.14. The monoisotopic (exact) mass is 572 g/mol. The molecule has 4 aromatic rings. The van der Waals surface area contributed by atoms with Crippen molar-refractivity contribution in [3.05, 3.63) is 168 Å². The first-order valence-corrected chi connectivity index (χ1v) is 15.1. The Bertz CT molecular complexity index is 1140. The van der Waals surface area contributed by atoms with Gasteiger partial charge in [-0.3, -0.25) is 0 Å². The zero-order valence-electron chi connectivity index (χ0n) is 24.9. The summed E-state index contributed by atoms with van der Waals surface area (Å²) in [4.78, 5) is 0. The number of ether oxygens (including phenoxy) is 1. The predicted octanol–water partition coefficient (Wildman–Crippen LogP) is 9.13. The van der Waals surface area contributed by atoms with Crippen LogP contribution in [0.4, 0.5) is 0 Å². The third-order valence-corrected chi connectivity index (χ3v) is 6.49. The average molecular weight is 573 g/mol. The molecule has 0 bridgehead atoms. The topological polar surface area (TPSA) is 49.7 Å². The van der Waals surface area contributed by atoms with Gasteiger partial charge in [-0.15, -0.1) is 0 Å². The van der Waals surface area contributed by atoms with E-state index in [0.29, 0.717) is 0 Å². The normalized spacial score (nSPS) is 13.0. The Morgan fingerprint density at radius 3 is 0.884 bits per heavy atom. The Kier molecular flexibility index (Phi) is 16.6. The highest BCUT2D eigenvalue weighted by molar-refractivity contribution is 5.55. The van der Waals surface area contributed by atoms with Gasteiger partial charge in [0.15, 0.2) is 0 Å². The minimum Gasteiger partial charge on any atom is -0.396 e. The quantitative estimate of drug-likeness (QED) is 0.140. The standard InChI is InChI=1S/C34H30O.C6H14O2/c1-5-13-29(14-6-1)21-25-33(26-22-30-15-7-2-8-16-30)35-34(27-23-31-17-9-3-10-18-31)28-24-32-19-11-4-12-20-32;7-5-3-1-2-4-6-8/h1-28,33-34H;7-8H,1-6H2. The smallest absolute Gasteiger partial charge is 0.0956 e. The summed E-state index contributed by atoms with van der Waals surface area (Å²) >= 11 is 0. The summed E-state index contributed by atoms with van der Waals surface area (Å²) in [7, 11) is 0. The molecule has 4 aromatic carbocycles. The van der Waals surface area contributed by atoms with E-state index in [1.165, 1.54) is 0 Å². The Hall–Kier alpha value is -4.28. The Balaban J connectivity index is 0.000000557. The molecule has 0 saturated carbocycles. The molecule has 0 radical (unpaired) electrons. The molecule has 0 aliphatic carbocycles. The molecule has 43 heavy (non-hydrogen) atoms. The fraction of sp³-hybridized carbons (Fsp3) is 0.200. The lowest BCUT2D eigenvalue weighted by atomic mass is 10.1. The maximum Gasteiger partial charge on any atom is 0.0956 e. The van der Waals surface area contributed by atoms with Crippen LogP contribution in [0, 0.1) is 0 Å². The second-order valence-electron chi connectivity index (χ2n) is 10.0. The van der Waals surface area contributed by atoms with E-state index in [-0.39, 0.29) is 25.4 Å². The zero-order chi connectivity index (χ0) is 30.2. The van der Waals surface area contributed by atoms with Gasteiger partial charge in [-0.1, -0.05) is 183 Å². The van der Waals surface area contributed by atoms with Gasteiger partial charge in [-0.2, -0.15) is 0 Å². The number of unbranched alkanes of at least 4 members (excludes halogenated alkanes) is 3. The molecule has 0 aromatic heterocycles.